The molecule has 0 unspecified atom stereocenters. The van der Waals surface area contributed by atoms with E-state index in [0.29, 0.717) is 0 Å². The lowest BCUT2D eigenvalue weighted by Gasteiger charge is -2.23. The van der Waals surface area contributed by atoms with E-state index < -0.39 is 0 Å². The Hall–Kier alpha value is -0.930. The fourth-order valence-corrected chi connectivity index (χ4v) is 2.14. The molecule has 2 N–H and O–H groups in total. The molecule has 2 nitrogen and oxygen atoms in total. The molecule has 0 aromatic heterocycles. The van der Waals surface area contributed by atoms with Crippen LogP contribution >= 0.6 is 0 Å². The molecule has 0 amide bonds. The van der Waals surface area contributed by atoms with Gasteiger partial charge in [-0.25, -0.2) is 4.39 Å². The second-order valence-corrected chi connectivity index (χ2v) is 3.93. The van der Waals surface area contributed by atoms with Gasteiger partial charge in [0.1, 0.15) is 5.82 Å². The Morgan fingerprint density at radius 1 is 1.36 bits per heavy atom. The van der Waals surface area contributed by atoms with E-state index in [0.717, 1.165) is 18.5 Å². The van der Waals surface area contributed by atoms with Crippen molar-refractivity contribution in [2.45, 2.75) is 18.5 Å². The summed E-state index contributed by atoms with van der Waals surface area (Å²) < 4.78 is 12.7. The van der Waals surface area contributed by atoms with E-state index in [1.807, 2.05) is 12.1 Å². The van der Waals surface area contributed by atoms with Crippen molar-refractivity contribution in [2.75, 3.05) is 13.6 Å². The average molecular weight is 194 g/mol. The predicted octanol–water partition coefficient (Wildman–Crippen LogP) is 1.53. The van der Waals surface area contributed by atoms with Crippen LogP contribution in [0.15, 0.2) is 24.3 Å². The van der Waals surface area contributed by atoms with Crippen LogP contribution in [0.1, 0.15) is 18.0 Å². The minimum Gasteiger partial charge on any atom is -0.326 e. The van der Waals surface area contributed by atoms with Crippen molar-refractivity contribution in [1.29, 1.82) is 0 Å². The maximum absolute atomic E-state index is 12.7. The van der Waals surface area contributed by atoms with E-state index >= 15 is 0 Å². The zero-order valence-corrected chi connectivity index (χ0v) is 8.28. The molecule has 1 heterocycles. The van der Waals surface area contributed by atoms with Gasteiger partial charge in [0.2, 0.25) is 0 Å². The summed E-state index contributed by atoms with van der Waals surface area (Å²) in [5.74, 6) is -0.192. The summed E-state index contributed by atoms with van der Waals surface area (Å²) in [7, 11) is 2.06. The third kappa shape index (κ3) is 1.65. The number of rotatable bonds is 1. The molecular formula is C11H15FN2. The first-order chi connectivity index (χ1) is 6.68. The lowest BCUT2D eigenvalue weighted by molar-refractivity contribution is 0.304. The molecule has 2 rings (SSSR count). The summed E-state index contributed by atoms with van der Waals surface area (Å²) >= 11 is 0. The van der Waals surface area contributed by atoms with Gasteiger partial charge in [0.15, 0.2) is 0 Å². The van der Waals surface area contributed by atoms with Crippen LogP contribution in [0.3, 0.4) is 0 Å². The number of nitrogens with two attached hydrogens (primary N) is 1. The zero-order chi connectivity index (χ0) is 10.1. The number of hydrogen-bond acceptors (Lipinski definition) is 2. The fourth-order valence-electron chi connectivity index (χ4n) is 2.14. The van der Waals surface area contributed by atoms with Gasteiger partial charge in [-0.15, -0.1) is 0 Å². The van der Waals surface area contributed by atoms with Crippen molar-refractivity contribution in [3.05, 3.63) is 35.6 Å². The monoisotopic (exact) mass is 194 g/mol. The Labute approximate surface area is 83.5 Å². The smallest absolute Gasteiger partial charge is 0.123 e. The van der Waals surface area contributed by atoms with Crippen LogP contribution in [-0.2, 0) is 0 Å². The minimum atomic E-state index is -0.192. The van der Waals surface area contributed by atoms with Crippen molar-refractivity contribution in [3.8, 4) is 0 Å². The van der Waals surface area contributed by atoms with Crippen molar-refractivity contribution in [1.82, 2.24) is 4.90 Å². The van der Waals surface area contributed by atoms with Gasteiger partial charge >= 0.3 is 0 Å². The standard InChI is InChI=1S/C11H15FN2/c1-14-7-6-10(13)11(14)8-2-4-9(12)5-3-8/h2-5,10-11H,6-7,13H2,1H3/t10-,11+/m1/s1. The molecule has 1 aromatic carbocycles. The van der Waals surface area contributed by atoms with E-state index in [1.54, 1.807) is 0 Å². The van der Waals surface area contributed by atoms with E-state index in [4.69, 9.17) is 5.73 Å². The molecule has 2 atom stereocenters. The molecule has 0 spiro atoms. The van der Waals surface area contributed by atoms with Gasteiger partial charge in [-0.2, -0.15) is 0 Å². The molecule has 1 saturated heterocycles. The summed E-state index contributed by atoms with van der Waals surface area (Å²) in [6.07, 6.45) is 1.01. The second-order valence-electron chi connectivity index (χ2n) is 3.93. The fraction of sp³-hybridized carbons (Fsp3) is 0.455. The quantitative estimate of drug-likeness (QED) is 0.734. The summed E-state index contributed by atoms with van der Waals surface area (Å²) in [5.41, 5.74) is 7.11. The molecule has 1 aliphatic heterocycles. The number of hydrogen-bond donors (Lipinski definition) is 1. The second kappa shape index (κ2) is 3.67. The van der Waals surface area contributed by atoms with Crippen molar-refractivity contribution in [2.24, 2.45) is 5.73 Å². The van der Waals surface area contributed by atoms with Crippen LogP contribution < -0.4 is 5.73 Å². The first kappa shape index (κ1) is 9.62. The SMILES string of the molecule is CN1CC[C@@H](N)[C@@H]1c1ccc(F)cc1. The normalized spacial score (nSPS) is 28.2. The van der Waals surface area contributed by atoms with Crippen LogP contribution in [0.25, 0.3) is 0 Å². The Bertz CT molecular complexity index is 300. The topological polar surface area (TPSA) is 29.3 Å². The average Bonchev–Trinajstić information content (AvgIpc) is 2.49. The number of likely N-dealkylation sites (tertiary alicyclic amines) is 1. The predicted molar refractivity (Wildman–Crippen MR) is 54.4 cm³/mol. The van der Waals surface area contributed by atoms with E-state index in [-0.39, 0.29) is 17.9 Å². The third-order valence-corrected chi connectivity index (χ3v) is 2.91. The Balaban J connectivity index is 2.25. The summed E-state index contributed by atoms with van der Waals surface area (Å²) in [6, 6.07) is 7.05. The van der Waals surface area contributed by atoms with Crippen LogP contribution in [0.4, 0.5) is 4.39 Å². The number of benzene rings is 1. The van der Waals surface area contributed by atoms with Gasteiger partial charge in [0.25, 0.3) is 0 Å². The van der Waals surface area contributed by atoms with Gasteiger partial charge in [-0.05, 0) is 31.2 Å². The molecule has 1 aromatic rings. The summed E-state index contributed by atoms with van der Waals surface area (Å²) in [6.45, 7) is 1.02. The summed E-state index contributed by atoms with van der Waals surface area (Å²) in [4.78, 5) is 2.22. The van der Waals surface area contributed by atoms with E-state index in [9.17, 15) is 4.39 Å². The Morgan fingerprint density at radius 3 is 2.50 bits per heavy atom. The molecule has 0 radical (unpaired) electrons. The molecule has 0 aliphatic carbocycles. The van der Waals surface area contributed by atoms with Gasteiger partial charge in [-0.3, -0.25) is 4.90 Å². The lowest BCUT2D eigenvalue weighted by Crippen LogP contribution is -2.29. The first-order valence-electron chi connectivity index (χ1n) is 4.90. The summed E-state index contributed by atoms with van der Waals surface area (Å²) in [5, 5.41) is 0. The minimum absolute atomic E-state index is 0.172. The maximum Gasteiger partial charge on any atom is 0.123 e. The largest absolute Gasteiger partial charge is 0.326 e. The number of halogens is 1. The molecule has 3 heteroatoms. The first-order valence-corrected chi connectivity index (χ1v) is 4.90. The molecule has 0 saturated carbocycles. The highest BCUT2D eigenvalue weighted by molar-refractivity contribution is 5.22. The van der Waals surface area contributed by atoms with Crippen molar-refractivity contribution >= 4 is 0 Å². The number of likely N-dealkylation sites (N-methyl/N-ethyl adjacent to an activating group) is 1. The molecule has 14 heavy (non-hydrogen) atoms. The Kier molecular flexibility index (Phi) is 2.52. The lowest BCUT2D eigenvalue weighted by atomic mass is 10.0. The maximum atomic E-state index is 12.7. The zero-order valence-electron chi connectivity index (χ0n) is 8.28. The molecule has 1 aliphatic rings. The highest BCUT2D eigenvalue weighted by atomic mass is 19.1. The van der Waals surface area contributed by atoms with Gasteiger partial charge < -0.3 is 5.73 Å². The van der Waals surface area contributed by atoms with Gasteiger partial charge in [-0.1, -0.05) is 12.1 Å². The van der Waals surface area contributed by atoms with Crippen molar-refractivity contribution in [3.63, 3.8) is 0 Å². The highest BCUT2D eigenvalue weighted by Gasteiger charge is 2.29. The third-order valence-electron chi connectivity index (χ3n) is 2.91. The molecule has 0 bridgehead atoms. The van der Waals surface area contributed by atoms with E-state index in [2.05, 4.69) is 11.9 Å². The molecular weight excluding hydrogens is 179 g/mol. The van der Waals surface area contributed by atoms with E-state index in [1.165, 1.54) is 12.1 Å². The highest BCUT2D eigenvalue weighted by Crippen LogP contribution is 2.29. The van der Waals surface area contributed by atoms with Gasteiger partial charge in [0.05, 0.1) is 0 Å². The van der Waals surface area contributed by atoms with Crippen LogP contribution in [0, 0.1) is 5.82 Å². The van der Waals surface area contributed by atoms with Crippen molar-refractivity contribution < 1.29 is 4.39 Å². The number of nitrogens with zero attached hydrogens (tertiary/aromatic N) is 1. The van der Waals surface area contributed by atoms with Crippen LogP contribution in [0.2, 0.25) is 0 Å². The molecule has 1 fully saturated rings. The van der Waals surface area contributed by atoms with Crippen LogP contribution in [-0.4, -0.2) is 24.5 Å². The molecule has 76 valence electrons. The van der Waals surface area contributed by atoms with Gasteiger partial charge in [0, 0.05) is 18.6 Å². The van der Waals surface area contributed by atoms with Crippen LogP contribution in [0.5, 0.6) is 0 Å². The Morgan fingerprint density at radius 2 is 2.00 bits per heavy atom.